The molecular formula is C14H24N4O. The molecule has 2 rings (SSSR count). The molecule has 0 aromatic carbocycles. The van der Waals surface area contributed by atoms with Crippen molar-refractivity contribution in [2.75, 3.05) is 23.7 Å². The molecule has 0 aliphatic carbocycles. The van der Waals surface area contributed by atoms with Gasteiger partial charge in [0, 0.05) is 24.6 Å². The van der Waals surface area contributed by atoms with Gasteiger partial charge < -0.3 is 15.7 Å². The fraction of sp³-hybridized carbons (Fsp3) is 0.714. The summed E-state index contributed by atoms with van der Waals surface area (Å²) in [6.45, 7) is 9.44. The van der Waals surface area contributed by atoms with E-state index < -0.39 is 5.60 Å². The predicted molar refractivity (Wildman–Crippen MR) is 77.3 cm³/mol. The Labute approximate surface area is 114 Å². The van der Waals surface area contributed by atoms with Crippen LogP contribution in [-0.2, 0) is 0 Å². The summed E-state index contributed by atoms with van der Waals surface area (Å²) in [4.78, 5) is 11.1. The SMILES string of the molecule is Cc1c(N)nc(C(C)C)nc1N1CCCC(C)(O)C1. The highest BCUT2D eigenvalue weighted by molar-refractivity contribution is 5.57. The van der Waals surface area contributed by atoms with Crippen LogP contribution in [0.2, 0.25) is 0 Å². The zero-order chi connectivity index (χ0) is 14.2. The van der Waals surface area contributed by atoms with Gasteiger partial charge in [-0.1, -0.05) is 13.8 Å². The van der Waals surface area contributed by atoms with E-state index >= 15 is 0 Å². The number of nitrogens with zero attached hydrogens (tertiary/aromatic N) is 3. The molecule has 0 bridgehead atoms. The predicted octanol–water partition coefficient (Wildman–Crippen LogP) is 1.84. The Kier molecular flexibility index (Phi) is 3.67. The fourth-order valence-corrected chi connectivity index (χ4v) is 2.51. The van der Waals surface area contributed by atoms with E-state index in [2.05, 4.69) is 28.7 Å². The van der Waals surface area contributed by atoms with Gasteiger partial charge in [0.15, 0.2) is 0 Å². The Bertz CT molecular complexity index is 471. The normalized spacial score (nSPS) is 24.0. The van der Waals surface area contributed by atoms with Gasteiger partial charge in [0.05, 0.1) is 5.60 Å². The maximum absolute atomic E-state index is 10.2. The monoisotopic (exact) mass is 264 g/mol. The van der Waals surface area contributed by atoms with Crippen molar-refractivity contribution in [2.24, 2.45) is 0 Å². The van der Waals surface area contributed by atoms with E-state index in [1.807, 2.05) is 13.8 Å². The van der Waals surface area contributed by atoms with Crippen LogP contribution in [0.1, 0.15) is 50.9 Å². The molecule has 19 heavy (non-hydrogen) atoms. The van der Waals surface area contributed by atoms with Gasteiger partial charge in [0.2, 0.25) is 0 Å². The molecule has 1 unspecified atom stereocenters. The zero-order valence-electron chi connectivity index (χ0n) is 12.3. The Balaban J connectivity index is 2.38. The minimum absolute atomic E-state index is 0.243. The Morgan fingerprint density at radius 3 is 2.63 bits per heavy atom. The minimum Gasteiger partial charge on any atom is -0.388 e. The number of β-amino-alcohol motifs (C(OH)–C–C–N with tert-alkyl or cyclic N) is 1. The van der Waals surface area contributed by atoms with Gasteiger partial charge in [-0.05, 0) is 26.7 Å². The highest BCUT2D eigenvalue weighted by Gasteiger charge is 2.30. The van der Waals surface area contributed by atoms with Gasteiger partial charge in [-0.25, -0.2) is 9.97 Å². The van der Waals surface area contributed by atoms with E-state index in [1.54, 1.807) is 0 Å². The summed E-state index contributed by atoms with van der Waals surface area (Å²) in [7, 11) is 0. The van der Waals surface area contributed by atoms with Crippen LogP contribution in [-0.4, -0.2) is 33.8 Å². The van der Waals surface area contributed by atoms with Crippen molar-refractivity contribution >= 4 is 11.6 Å². The zero-order valence-corrected chi connectivity index (χ0v) is 12.3. The first-order valence-electron chi connectivity index (χ1n) is 6.91. The number of piperidine rings is 1. The van der Waals surface area contributed by atoms with Crippen LogP contribution in [0.25, 0.3) is 0 Å². The number of nitrogens with two attached hydrogens (primary N) is 1. The van der Waals surface area contributed by atoms with Gasteiger partial charge in [-0.3, -0.25) is 0 Å². The molecule has 5 nitrogen and oxygen atoms in total. The van der Waals surface area contributed by atoms with Gasteiger partial charge in [-0.15, -0.1) is 0 Å². The van der Waals surface area contributed by atoms with Crippen molar-refractivity contribution in [2.45, 2.75) is 52.1 Å². The van der Waals surface area contributed by atoms with Crippen LogP contribution in [0.5, 0.6) is 0 Å². The highest BCUT2D eigenvalue weighted by Crippen LogP contribution is 2.29. The Morgan fingerprint density at radius 1 is 1.37 bits per heavy atom. The van der Waals surface area contributed by atoms with E-state index in [4.69, 9.17) is 5.73 Å². The minimum atomic E-state index is -0.650. The van der Waals surface area contributed by atoms with Crippen LogP contribution in [0, 0.1) is 6.92 Å². The Morgan fingerprint density at radius 2 is 2.05 bits per heavy atom. The topological polar surface area (TPSA) is 75.3 Å². The van der Waals surface area contributed by atoms with Crippen LogP contribution in [0.4, 0.5) is 11.6 Å². The summed E-state index contributed by atoms with van der Waals surface area (Å²) >= 11 is 0. The van der Waals surface area contributed by atoms with Crippen molar-refractivity contribution in [3.63, 3.8) is 0 Å². The van der Waals surface area contributed by atoms with Crippen LogP contribution in [0.15, 0.2) is 0 Å². The second kappa shape index (κ2) is 4.96. The van der Waals surface area contributed by atoms with Crippen molar-refractivity contribution in [3.8, 4) is 0 Å². The maximum Gasteiger partial charge on any atom is 0.137 e. The summed E-state index contributed by atoms with van der Waals surface area (Å²) in [5.74, 6) is 2.42. The van der Waals surface area contributed by atoms with Crippen LogP contribution >= 0.6 is 0 Å². The first-order chi connectivity index (χ1) is 8.80. The van der Waals surface area contributed by atoms with E-state index in [9.17, 15) is 5.11 Å². The number of rotatable bonds is 2. The van der Waals surface area contributed by atoms with Crippen molar-refractivity contribution < 1.29 is 5.11 Å². The molecule has 0 saturated carbocycles. The summed E-state index contributed by atoms with van der Waals surface area (Å²) < 4.78 is 0. The molecule has 1 aliphatic heterocycles. The lowest BCUT2D eigenvalue weighted by molar-refractivity contribution is 0.0446. The Hall–Kier alpha value is -1.36. The average Bonchev–Trinajstić information content (AvgIpc) is 2.30. The van der Waals surface area contributed by atoms with E-state index in [0.29, 0.717) is 12.4 Å². The van der Waals surface area contributed by atoms with Gasteiger partial charge in [0.1, 0.15) is 17.5 Å². The second-order valence-electron chi connectivity index (χ2n) is 6.09. The number of hydrogen-bond acceptors (Lipinski definition) is 5. The summed E-state index contributed by atoms with van der Waals surface area (Å²) in [6, 6.07) is 0. The number of nitrogen functional groups attached to an aromatic ring is 1. The molecule has 5 heteroatoms. The first kappa shape index (κ1) is 14.1. The highest BCUT2D eigenvalue weighted by atomic mass is 16.3. The molecule has 3 N–H and O–H groups in total. The molecular weight excluding hydrogens is 240 g/mol. The van der Waals surface area contributed by atoms with Crippen LogP contribution in [0.3, 0.4) is 0 Å². The molecule has 1 aromatic heterocycles. The van der Waals surface area contributed by atoms with Crippen molar-refractivity contribution in [1.82, 2.24) is 9.97 Å². The smallest absolute Gasteiger partial charge is 0.137 e. The van der Waals surface area contributed by atoms with E-state index in [-0.39, 0.29) is 5.92 Å². The molecule has 0 spiro atoms. The number of anilines is 2. The fourth-order valence-electron chi connectivity index (χ4n) is 2.51. The number of aliphatic hydroxyl groups is 1. The number of aromatic nitrogens is 2. The van der Waals surface area contributed by atoms with Gasteiger partial charge >= 0.3 is 0 Å². The molecule has 0 radical (unpaired) electrons. The molecule has 106 valence electrons. The second-order valence-corrected chi connectivity index (χ2v) is 6.09. The summed E-state index contributed by atoms with van der Waals surface area (Å²) in [5.41, 5.74) is 6.25. The van der Waals surface area contributed by atoms with Crippen molar-refractivity contribution in [3.05, 3.63) is 11.4 Å². The number of hydrogen-bond donors (Lipinski definition) is 2. The summed E-state index contributed by atoms with van der Waals surface area (Å²) in [5, 5.41) is 10.2. The van der Waals surface area contributed by atoms with Crippen molar-refractivity contribution in [1.29, 1.82) is 0 Å². The third-order valence-corrected chi connectivity index (χ3v) is 3.67. The molecule has 1 atom stereocenters. The molecule has 2 heterocycles. The largest absolute Gasteiger partial charge is 0.388 e. The first-order valence-corrected chi connectivity index (χ1v) is 6.91. The molecule has 1 aromatic rings. The maximum atomic E-state index is 10.2. The lowest BCUT2D eigenvalue weighted by atomic mass is 9.95. The van der Waals surface area contributed by atoms with E-state index in [1.165, 1.54) is 0 Å². The van der Waals surface area contributed by atoms with E-state index in [0.717, 1.165) is 36.6 Å². The quantitative estimate of drug-likeness (QED) is 0.852. The molecule has 0 amide bonds. The van der Waals surface area contributed by atoms with Gasteiger partial charge in [0.25, 0.3) is 0 Å². The lowest BCUT2D eigenvalue weighted by Gasteiger charge is -2.38. The lowest BCUT2D eigenvalue weighted by Crippen LogP contribution is -2.46. The summed E-state index contributed by atoms with van der Waals surface area (Å²) in [6.07, 6.45) is 1.80. The van der Waals surface area contributed by atoms with Crippen LogP contribution < -0.4 is 10.6 Å². The third-order valence-electron chi connectivity index (χ3n) is 3.67. The van der Waals surface area contributed by atoms with Gasteiger partial charge in [-0.2, -0.15) is 0 Å². The average molecular weight is 264 g/mol. The molecule has 1 aliphatic rings. The molecule has 1 saturated heterocycles. The third kappa shape index (κ3) is 2.97. The molecule has 1 fully saturated rings. The standard InChI is InChI=1S/C14H24N4O/c1-9(2)12-16-11(15)10(3)13(17-12)18-7-5-6-14(4,19)8-18/h9,19H,5-8H2,1-4H3,(H2,15,16,17).